The number of aromatic nitrogens is 2. The zero-order chi connectivity index (χ0) is 15.7. The van der Waals surface area contributed by atoms with Crippen molar-refractivity contribution in [2.24, 2.45) is 0 Å². The molecule has 2 N–H and O–H groups in total. The molecule has 0 saturated carbocycles. The van der Waals surface area contributed by atoms with Crippen LogP contribution in [0, 0.1) is 10.1 Å². The van der Waals surface area contributed by atoms with Crippen molar-refractivity contribution in [1.29, 1.82) is 0 Å². The first-order valence-corrected chi connectivity index (χ1v) is 7.36. The molecule has 0 spiro atoms. The Kier molecular flexibility index (Phi) is 3.81. The quantitative estimate of drug-likeness (QED) is 0.668. The minimum absolute atomic E-state index is 0.296. The van der Waals surface area contributed by atoms with Gasteiger partial charge in [0.1, 0.15) is 0 Å². The summed E-state index contributed by atoms with van der Waals surface area (Å²) >= 11 is 0. The van der Waals surface area contributed by atoms with Crippen LogP contribution in [-0.2, 0) is 13.0 Å². The van der Waals surface area contributed by atoms with Crippen molar-refractivity contribution in [2.75, 3.05) is 13.1 Å². The van der Waals surface area contributed by atoms with Crippen molar-refractivity contribution in [3.8, 4) is 17.0 Å². The smallest absolute Gasteiger partial charge is 0.311 e. The Bertz CT molecular complexity index is 711. The normalized spacial score (nSPS) is 14.8. The highest BCUT2D eigenvalue weighted by Gasteiger charge is 2.24. The van der Waals surface area contributed by atoms with Crippen LogP contribution in [0.4, 0.5) is 5.69 Å². The Hall–Kier alpha value is -2.41. The predicted octanol–water partition coefficient (Wildman–Crippen LogP) is 2.46. The zero-order valence-electron chi connectivity index (χ0n) is 12.4. The molecule has 22 heavy (non-hydrogen) atoms. The second-order valence-corrected chi connectivity index (χ2v) is 5.52. The first kappa shape index (κ1) is 14.5. The van der Waals surface area contributed by atoms with Crippen LogP contribution < -0.4 is 0 Å². The zero-order valence-corrected chi connectivity index (χ0v) is 12.4. The van der Waals surface area contributed by atoms with Crippen molar-refractivity contribution in [3.05, 3.63) is 39.6 Å². The van der Waals surface area contributed by atoms with Gasteiger partial charge in [-0.05, 0) is 25.1 Å². The molecule has 0 saturated heterocycles. The molecule has 0 fully saturated rings. The molecule has 1 aromatic heterocycles. The van der Waals surface area contributed by atoms with E-state index in [-0.39, 0.29) is 11.4 Å². The fourth-order valence-electron chi connectivity index (χ4n) is 2.91. The molecule has 0 unspecified atom stereocenters. The molecule has 0 radical (unpaired) electrons. The molecule has 0 amide bonds. The number of benzene rings is 1. The fourth-order valence-corrected chi connectivity index (χ4v) is 2.91. The van der Waals surface area contributed by atoms with Gasteiger partial charge in [-0.25, -0.2) is 0 Å². The van der Waals surface area contributed by atoms with Gasteiger partial charge in [-0.3, -0.25) is 20.1 Å². The Morgan fingerprint density at radius 2 is 2.32 bits per heavy atom. The highest BCUT2D eigenvalue weighted by Crippen LogP contribution is 2.34. The largest absolute Gasteiger partial charge is 0.502 e. The molecule has 2 aromatic rings. The van der Waals surface area contributed by atoms with Gasteiger partial charge in [0.15, 0.2) is 5.75 Å². The minimum Gasteiger partial charge on any atom is -0.502 e. The standard InChI is InChI=1S/C15H18N4O3/c1-2-6-18-7-5-12-11(9-18)15(17-16-12)10-3-4-14(20)13(8-10)19(21)22/h3-4,8,20H,2,5-7,9H2,1H3,(H,16,17). The van der Waals surface area contributed by atoms with Crippen LogP contribution in [0.15, 0.2) is 18.2 Å². The number of nitro groups is 1. The van der Waals surface area contributed by atoms with E-state index in [0.717, 1.165) is 49.4 Å². The van der Waals surface area contributed by atoms with Gasteiger partial charge in [-0.15, -0.1) is 0 Å². The van der Waals surface area contributed by atoms with E-state index in [4.69, 9.17) is 0 Å². The third-order valence-electron chi connectivity index (χ3n) is 4.00. The highest BCUT2D eigenvalue weighted by atomic mass is 16.6. The number of hydrogen-bond donors (Lipinski definition) is 2. The summed E-state index contributed by atoms with van der Waals surface area (Å²) in [5.41, 5.74) is 3.28. The summed E-state index contributed by atoms with van der Waals surface area (Å²) in [4.78, 5) is 12.8. The van der Waals surface area contributed by atoms with Crippen LogP contribution in [0.2, 0.25) is 0 Å². The topological polar surface area (TPSA) is 95.3 Å². The van der Waals surface area contributed by atoms with Gasteiger partial charge in [0.2, 0.25) is 0 Å². The van der Waals surface area contributed by atoms with Crippen molar-refractivity contribution < 1.29 is 10.0 Å². The van der Waals surface area contributed by atoms with E-state index in [9.17, 15) is 15.2 Å². The first-order chi connectivity index (χ1) is 10.6. The van der Waals surface area contributed by atoms with Crippen LogP contribution in [-0.4, -0.2) is 38.2 Å². The van der Waals surface area contributed by atoms with E-state index in [1.807, 2.05) is 0 Å². The third kappa shape index (κ3) is 2.55. The number of phenolic OH excluding ortho intramolecular Hbond substituents is 1. The van der Waals surface area contributed by atoms with Crippen molar-refractivity contribution in [1.82, 2.24) is 15.1 Å². The maximum Gasteiger partial charge on any atom is 0.311 e. The summed E-state index contributed by atoms with van der Waals surface area (Å²) in [6.07, 6.45) is 2.00. The molecule has 7 heteroatoms. The van der Waals surface area contributed by atoms with E-state index in [0.29, 0.717) is 5.56 Å². The molecular formula is C15H18N4O3. The molecule has 3 rings (SSSR count). The number of aromatic hydroxyl groups is 1. The third-order valence-corrected chi connectivity index (χ3v) is 4.00. The summed E-state index contributed by atoms with van der Waals surface area (Å²) < 4.78 is 0. The maximum atomic E-state index is 11.0. The number of phenols is 1. The Labute approximate surface area is 127 Å². The lowest BCUT2D eigenvalue weighted by Crippen LogP contribution is -2.31. The molecule has 1 aromatic carbocycles. The van der Waals surface area contributed by atoms with E-state index in [1.165, 1.54) is 12.1 Å². The maximum absolute atomic E-state index is 11.0. The molecule has 0 aliphatic carbocycles. The molecular weight excluding hydrogens is 284 g/mol. The molecule has 116 valence electrons. The molecule has 1 aliphatic rings. The summed E-state index contributed by atoms with van der Waals surface area (Å²) in [6.45, 7) is 4.97. The number of aromatic amines is 1. The van der Waals surface area contributed by atoms with E-state index < -0.39 is 4.92 Å². The van der Waals surface area contributed by atoms with Gasteiger partial charge >= 0.3 is 5.69 Å². The molecule has 0 atom stereocenters. The number of hydrogen-bond acceptors (Lipinski definition) is 5. The summed E-state index contributed by atoms with van der Waals surface area (Å²) in [5, 5.41) is 27.9. The van der Waals surface area contributed by atoms with Gasteiger partial charge in [0.05, 0.1) is 10.6 Å². The summed E-state index contributed by atoms with van der Waals surface area (Å²) in [6, 6.07) is 4.39. The number of H-pyrrole nitrogens is 1. The van der Waals surface area contributed by atoms with Gasteiger partial charge in [-0.1, -0.05) is 6.92 Å². The fraction of sp³-hybridized carbons (Fsp3) is 0.400. The minimum atomic E-state index is -0.582. The second-order valence-electron chi connectivity index (χ2n) is 5.52. The molecule has 7 nitrogen and oxygen atoms in total. The van der Waals surface area contributed by atoms with Crippen LogP contribution in [0.5, 0.6) is 5.75 Å². The lowest BCUT2D eigenvalue weighted by molar-refractivity contribution is -0.385. The second kappa shape index (κ2) is 5.76. The van der Waals surface area contributed by atoms with E-state index in [1.54, 1.807) is 6.07 Å². The number of nitrogens with one attached hydrogen (secondary N) is 1. The van der Waals surface area contributed by atoms with Gasteiger partial charge in [-0.2, -0.15) is 5.10 Å². The van der Waals surface area contributed by atoms with Crippen LogP contribution >= 0.6 is 0 Å². The number of nitro benzene ring substituents is 1. The molecule has 0 bridgehead atoms. The first-order valence-electron chi connectivity index (χ1n) is 7.36. The van der Waals surface area contributed by atoms with Crippen molar-refractivity contribution in [3.63, 3.8) is 0 Å². The molecule has 2 heterocycles. The van der Waals surface area contributed by atoms with Crippen molar-refractivity contribution >= 4 is 5.69 Å². The van der Waals surface area contributed by atoms with Gasteiger partial charge in [0.25, 0.3) is 0 Å². The lowest BCUT2D eigenvalue weighted by atomic mass is 10.0. The van der Waals surface area contributed by atoms with E-state index >= 15 is 0 Å². The Morgan fingerprint density at radius 1 is 1.50 bits per heavy atom. The Morgan fingerprint density at radius 3 is 3.05 bits per heavy atom. The number of fused-ring (bicyclic) bond motifs is 1. The monoisotopic (exact) mass is 302 g/mol. The average molecular weight is 302 g/mol. The van der Waals surface area contributed by atoms with Crippen LogP contribution in [0.1, 0.15) is 24.6 Å². The van der Waals surface area contributed by atoms with Crippen LogP contribution in [0.25, 0.3) is 11.3 Å². The number of rotatable bonds is 4. The SMILES string of the molecule is CCCN1CCc2[nH]nc(-c3ccc(O)c([N+](=O)[O-])c3)c2C1. The van der Waals surface area contributed by atoms with E-state index in [2.05, 4.69) is 22.0 Å². The predicted molar refractivity (Wildman–Crippen MR) is 81.6 cm³/mol. The summed E-state index contributed by atoms with van der Waals surface area (Å²) in [5.74, 6) is -0.328. The highest BCUT2D eigenvalue weighted by molar-refractivity contribution is 5.69. The van der Waals surface area contributed by atoms with Crippen LogP contribution in [0.3, 0.4) is 0 Å². The summed E-state index contributed by atoms with van der Waals surface area (Å²) in [7, 11) is 0. The lowest BCUT2D eigenvalue weighted by Gasteiger charge is -2.26. The number of nitrogens with zero attached hydrogens (tertiary/aromatic N) is 3. The van der Waals surface area contributed by atoms with Crippen molar-refractivity contribution in [2.45, 2.75) is 26.3 Å². The molecule has 1 aliphatic heterocycles. The van der Waals surface area contributed by atoms with Gasteiger partial charge in [0, 0.05) is 42.4 Å². The average Bonchev–Trinajstić information content (AvgIpc) is 2.91. The van der Waals surface area contributed by atoms with Gasteiger partial charge < -0.3 is 5.11 Å². The Balaban J connectivity index is 1.99.